The van der Waals surface area contributed by atoms with Gasteiger partial charge in [-0.2, -0.15) is 0 Å². The second-order valence-corrected chi connectivity index (χ2v) is 5.34. The third-order valence-corrected chi connectivity index (χ3v) is 4.17. The first-order valence-corrected chi connectivity index (χ1v) is 6.41. The Labute approximate surface area is 106 Å². The third kappa shape index (κ3) is 1.97. The van der Waals surface area contributed by atoms with Gasteiger partial charge in [-0.05, 0) is 42.5 Å². The maximum absolute atomic E-state index is 10.8. The van der Waals surface area contributed by atoms with Gasteiger partial charge in [0.05, 0.1) is 5.92 Å². The number of carboxylic acids is 1. The molecule has 0 bridgehead atoms. The first kappa shape index (κ1) is 11.5. The number of carboxylic acid groups (broad SMARTS) is 1. The van der Waals surface area contributed by atoms with Crippen molar-refractivity contribution in [3.8, 4) is 5.75 Å². The summed E-state index contributed by atoms with van der Waals surface area (Å²) in [4.78, 5) is 13.1. The number of aliphatic carboxylic acids is 1. The number of likely N-dealkylation sites (tertiary alicyclic amines) is 1. The summed E-state index contributed by atoms with van der Waals surface area (Å²) in [6.45, 7) is 1.38. The van der Waals surface area contributed by atoms with Crippen LogP contribution in [-0.4, -0.2) is 40.2 Å². The van der Waals surface area contributed by atoms with E-state index in [9.17, 15) is 9.90 Å². The normalized spacial score (nSPS) is 24.3. The number of fused-ring (bicyclic) bond motifs is 1. The molecule has 1 aliphatic heterocycles. The minimum absolute atomic E-state index is 0.175. The van der Waals surface area contributed by atoms with E-state index in [2.05, 4.69) is 4.90 Å². The summed E-state index contributed by atoms with van der Waals surface area (Å²) in [5.41, 5.74) is 2.53. The molecule has 0 amide bonds. The lowest BCUT2D eigenvalue weighted by molar-refractivity contribution is -0.148. The molecule has 1 saturated heterocycles. The van der Waals surface area contributed by atoms with Gasteiger partial charge in [-0.25, -0.2) is 0 Å². The predicted molar refractivity (Wildman–Crippen MR) is 66.6 cm³/mol. The molecule has 1 heterocycles. The Balaban J connectivity index is 1.66. The van der Waals surface area contributed by atoms with Crippen molar-refractivity contribution in [2.24, 2.45) is 5.92 Å². The van der Waals surface area contributed by atoms with Gasteiger partial charge in [0, 0.05) is 19.1 Å². The zero-order chi connectivity index (χ0) is 12.7. The summed E-state index contributed by atoms with van der Waals surface area (Å²) in [7, 11) is 0. The molecule has 1 unspecified atom stereocenters. The summed E-state index contributed by atoms with van der Waals surface area (Å²) in [5, 5.41) is 18.3. The molecule has 0 spiro atoms. The van der Waals surface area contributed by atoms with Crippen LogP contribution in [0.15, 0.2) is 18.2 Å². The predicted octanol–water partition coefficient (Wildman–Crippen LogP) is 1.27. The number of aromatic hydroxyl groups is 1. The molecule has 0 saturated carbocycles. The Morgan fingerprint density at radius 1 is 1.28 bits per heavy atom. The Morgan fingerprint density at radius 3 is 2.78 bits per heavy atom. The van der Waals surface area contributed by atoms with Crippen LogP contribution in [0.5, 0.6) is 5.75 Å². The monoisotopic (exact) mass is 247 g/mol. The zero-order valence-electron chi connectivity index (χ0n) is 10.2. The minimum Gasteiger partial charge on any atom is -0.508 e. The first-order chi connectivity index (χ1) is 8.63. The molecule has 2 N–H and O–H groups in total. The molecular formula is C14H17NO3. The summed E-state index contributed by atoms with van der Waals surface area (Å²) >= 11 is 0. The molecule has 0 radical (unpaired) electrons. The molecule has 3 rings (SSSR count). The van der Waals surface area contributed by atoms with Crippen LogP contribution in [0.2, 0.25) is 0 Å². The highest BCUT2D eigenvalue weighted by molar-refractivity contribution is 5.71. The van der Waals surface area contributed by atoms with Crippen LogP contribution in [0.1, 0.15) is 17.5 Å². The Bertz CT molecular complexity index is 480. The maximum atomic E-state index is 10.8. The zero-order valence-corrected chi connectivity index (χ0v) is 10.2. The number of hydrogen-bond donors (Lipinski definition) is 2. The summed E-state index contributed by atoms with van der Waals surface area (Å²) < 4.78 is 0. The fourth-order valence-electron chi connectivity index (χ4n) is 3.00. The molecule has 0 aromatic heterocycles. The average molecular weight is 247 g/mol. The van der Waals surface area contributed by atoms with E-state index in [1.54, 1.807) is 6.07 Å². The fraction of sp³-hybridized carbons (Fsp3) is 0.500. The highest BCUT2D eigenvalue weighted by Gasteiger charge is 2.37. The standard InChI is InChI=1S/C14H17NO3/c16-13-4-2-9-5-12(3-1-10(9)6-13)15-7-11(8-15)14(17)18/h2,4,6,11-12,16H,1,3,5,7-8H2,(H,17,18). The van der Waals surface area contributed by atoms with Crippen LogP contribution in [-0.2, 0) is 17.6 Å². The number of carbonyl (C=O) groups is 1. The van der Waals surface area contributed by atoms with Gasteiger partial charge in [0.2, 0.25) is 0 Å². The van der Waals surface area contributed by atoms with Gasteiger partial charge in [-0.15, -0.1) is 0 Å². The highest BCUT2D eigenvalue weighted by atomic mass is 16.4. The summed E-state index contributed by atoms with van der Waals surface area (Å²) in [6.07, 6.45) is 3.01. The Morgan fingerprint density at radius 2 is 2.06 bits per heavy atom. The summed E-state index contributed by atoms with van der Waals surface area (Å²) in [6, 6.07) is 6.04. The van der Waals surface area contributed by atoms with E-state index in [1.165, 1.54) is 11.1 Å². The molecule has 1 aromatic rings. The molecule has 18 heavy (non-hydrogen) atoms. The van der Waals surface area contributed by atoms with Crippen molar-refractivity contribution >= 4 is 5.97 Å². The minimum atomic E-state index is -0.674. The number of benzene rings is 1. The Kier molecular flexibility index (Phi) is 2.74. The highest BCUT2D eigenvalue weighted by Crippen LogP contribution is 2.30. The van der Waals surface area contributed by atoms with Gasteiger partial charge in [-0.1, -0.05) is 6.07 Å². The van der Waals surface area contributed by atoms with Gasteiger partial charge >= 0.3 is 5.97 Å². The van der Waals surface area contributed by atoms with Gasteiger partial charge in [0.1, 0.15) is 5.75 Å². The SMILES string of the molecule is O=C(O)C1CN(C2CCc3cc(O)ccc3C2)C1. The maximum Gasteiger partial charge on any atom is 0.309 e. The molecule has 1 fully saturated rings. The Hall–Kier alpha value is -1.55. The van der Waals surface area contributed by atoms with Gasteiger partial charge in [-0.3, -0.25) is 9.69 Å². The first-order valence-electron chi connectivity index (χ1n) is 6.41. The summed E-state index contributed by atoms with van der Waals surface area (Å²) in [5.74, 6) is -0.513. The van der Waals surface area contributed by atoms with Crippen molar-refractivity contribution in [2.75, 3.05) is 13.1 Å². The van der Waals surface area contributed by atoms with Crippen LogP contribution in [0.4, 0.5) is 0 Å². The van der Waals surface area contributed by atoms with Crippen molar-refractivity contribution < 1.29 is 15.0 Å². The van der Waals surface area contributed by atoms with Crippen LogP contribution < -0.4 is 0 Å². The van der Waals surface area contributed by atoms with Crippen molar-refractivity contribution in [2.45, 2.75) is 25.3 Å². The molecule has 4 nitrogen and oxygen atoms in total. The van der Waals surface area contributed by atoms with Crippen molar-refractivity contribution in [1.29, 1.82) is 0 Å². The number of nitrogens with zero attached hydrogens (tertiary/aromatic N) is 1. The second-order valence-electron chi connectivity index (χ2n) is 5.34. The van der Waals surface area contributed by atoms with Crippen LogP contribution in [0, 0.1) is 5.92 Å². The quantitative estimate of drug-likeness (QED) is 0.826. The van der Waals surface area contributed by atoms with E-state index in [0.717, 1.165) is 19.3 Å². The van der Waals surface area contributed by atoms with Gasteiger partial charge < -0.3 is 10.2 Å². The molecule has 2 aliphatic rings. The lowest BCUT2D eigenvalue weighted by Gasteiger charge is -2.44. The molecule has 1 atom stereocenters. The number of phenols is 1. The van der Waals surface area contributed by atoms with Crippen molar-refractivity contribution in [3.63, 3.8) is 0 Å². The fourth-order valence-corrected chi connectivity index (χ4v) is 3.00. The van der Waals surface area contributed by atoms with Gasteiger partial charge in [0.15, 0.2) is 0 Å². The number of phenolic OH excluding ortho intramolecular Hbond substituents is 1. The van der Waals surface area contributed by atoms with Crippen LogP contribution >= 0.6 is 0 Å². The molecule has 4 heteroatoms. The molecular weight excluding hydrogens is 230 g/mol. The third-order valence-electron chi connectivity index (χ3n) is 4.17. The van der Waals surface area contributed by atoms with Crippen LogP contribution in [0.25, 0.3) is 0 Å². The van der Waals surface area contributed by atoms with Crippen molar-refractivity contribution in [1.82, 2.24) is 4.90 Å². The van der Waals surface area contributed by atoms with E-state index >= 15 is 0 Å². The van der Waals surface area contributed by atoms with E-state index in [4.69, 9.17) is 5.11 Å². The number of rotatable bonds is 2. The smallest absolute Gasteiger partial charge is 0.309 e. The largest absolute Gasteiger partial charge is 0.508 e. The molecule has 96 valence electrons. The van der Waals surface area contributed by atoms with E-state index < -0.39 is 5.97 Å². The van der Waals surface area contributed by atoms with Crippen LogP contribution in [0.3, 0.4) is 0 Å². The van der Waals surface area contributed by atoms with Crippen molar-refractivity contribution in [3.05, 3.63) is 29.3 Å². The van der Waals surface area contributed by atoms with E-state index in [1.807, 2.05) is 12.1 Å². The van der Waals surface area contributed by atoms with E-state index in [-0.39, 0.29) is 5.92 Å². The molecule has 1 aliphatic carbocycles. The van der Waals surface area contributed by atoms with E-state index in [0.29, 0.717) is 24.9 Å². The number of aryl methyl sites for hydroxylation is 1. The number of hydrogen-bond acceptors (Lipinski definition) is 3. The lowest BCUT2D eigenvalue weighted by atomic mass is 9.84. The van der Waals surface area contributed by atoms with Gasteiger partial charge in [0.25, 0.3) is 0 Å². The lowest BCUT2D eigenvalue weighted by Crippen LogP contribution is -2.56. The second kappa shape index (κ2) is 4.28. The average Bonchev–Trinajstić information content (AvgIpc) is 2.26. The topological polar surface area (TPSA) is 60.8 Å². The molecule has 1 aromatic carbocycles.